The Kier molecular flexibility index (Phi) is 4.79. The van der Waals surface area contributed by atoms with Crippen LogP contribution in [-0.2, 0) is 4.79 Å². The van der Waals surface area contributed by atoms with Gasteiger partial charge in [0.05, 0.1) is 0 Å². The van der Waals surface area contributed by atoms with Crippen LogP contribution in [0, 0.1) is 0 Å². The molecule has 3 rings (SSSR count). The van der Waals surface area contributed by atoms with Crippen molar-refractivity contribution in [2.75, 3.05) is 13.1 Å². The molecule has 0 bridgehead atoms. The van der Waals surface area contributed by atoms with Crippen LogP contribution >= 0.6 is 0 Å². The summed E-state index contributed by atoms with van der Waals surface area (Å²) in [6, 6.07) is 16.0. The number of nitrogens with zero attached hydrogens (tertiary/aromatic N) is 1. The summed E-state index contributed by atoms with van der Waals surface area (Å²) < 4.78 is 5.97. The largest absolute Gasteiger partial charge is 0.476 e. The molecule has 0 aliphatic carbocycles. The average Bonchev–Trinajstić information content (AvgIpc) is 3.15. The molecule has 1 saturated heterocycles. The Balaban J connectivity index is 1.84. The monoisotopic (exact) mass is 324 g/mol. The van der Waals surface area contributed by atoms with Gasteiger partial charge < -0.3 is 15.4 Å². The van der Waals surface area contributed by atoms with Crippen molar-refractivity contribution in [1.82, 2.24) is 4.90 Å². The molecule has 124 valence electrons. The molecular weight excluding hydrogens is 304 g/mol. The highest BCUT2D eigenvalue weighted by atomic mass is 16.5. The van der Waals surface area contributed by atoms with Crippen molar-refractivity contribution in [3.8, 4) is 5.75 Å². The van der Waals surface area contributed by atoms with E-state index >= 15 is 0 Å². The third-order valence-corrected chi connectivity index (χ3v) is 4.14. The van der Waals surface area contributed by atoms with Crippen molar-refractivity contribution in [3.05, 3.63) is 65.7 Å². The fourth-order valence-electron chi connectivity index (χ4n) is 2.83. The SMILES string of the molecule is NC(=O)c1ccc(OC(C(=O)N2CCCC2)c2ccccc2)cc1. The number of carbonyl (C=O) groups excluding carboxylic acids is 2. The standard InChI is InChI=1S/C19H20N2O3/c20-18(22)15-8-10-16(11-9-15)24-17(14-6-2-1-3-7-14)19(23)21-12-4-5-13-21/h1-3,6-11,17H,4-5,12-13H2,(H2,20,22). The second-order valence-corrected chi connectivity index (χ2v) is 5.83. The summed E-state index contributed by atoms with van der Waals surface area (Å²) >= 11 is 0. The number of ether oxygens (including phenoxy) is 1. The Hall–Kier alpha value is -2.82. The van der Waals surface area contributed by atoms with Gasteiger partial charge in [-0.3, -0.25) is 9.59 Å². The first-order valence-corrected chi connectivity index (χ1v) is 8.05. The average molecular weight is 324 g/mol. The zero-order valence-electron chi connectivity index (χ0n) is 13.4. The normalized spacial score (nSPS) is 15.1. The van der Waals surface area contributed by atoms with Gasteiger partial charge >= 0.3 is 0 Å². The third kappa shape index (κ3) is 3.56. The van der Waals surface area contributed by atoms with E-state index < -0.39 is 12.0 Å². The van der Waals surface area contributed by atoms with Gasteiger partial charge in [0.2, 0.25) is 12.0 Å². The Morgan fingerprint density at radius 1 is 0.958 bits per heavy atom. The van der Waals surface area contributed by atoms with E-state index in [2.05, 4.69) is 0 Å². The maximum absolute atomic E-state index is 12.9. The van der Waals surface area contributed by atoms with Crippen LogP contribution in [0.15, 0.2) is 54.6 Å². The quantitative estimate of drug-likeness (QED) is 0.918. The zero-order chi connectivity index (χ0) is 16.9. The summed E-state index contributed by atoms with van der Waals surface area (Å²) in [5, 5.41) is 0. The van der Waals surface area contributed by atoms with Gasteiger partial charge in [-0.25, -0.2) is 0 Å². The number of benzene rings is 2. The molecule has 2 aromatic carbocycles. The molecule has 2 amide bonds. The molecule has 24 heavy (non-hydrogen) atoms. The molecule has 2 aromatic rings. The van der Waals surface area contributed by atoms with Gasteiger partial charge in [0.15, 0.2) is 0 Å². The lowest BCUT2D eigenvalue weighted by molar-refractivity contribution is -0.137. The van der Waals surface area contributed by atoms with E-state index in [-0.39, 0.29) is 5.91 Å². The number of hydrogen-bond acceptors (Lipinski definition) is 3. The number of primary amides is 1. The predicted molar refractivity (Wildman–Crippen MR) is 90.6 cm³/mol. The van der Waals surface area contributed by atoms with Crippen LogP contribution in [0.4, 0.5) is 0 Å². The van der Waals surface area contributed by atoms with Crippen LogP contribution < -0.4 is 10.5 Å². The van der Waals surface area contributed by atoms with Crippen LogP contribution in [-0.4, -0.2) is 29.8 Å². The minimum absolute atomic E-state index is 0.0299. The smallest absolute Gasteiger partial charge is 0.268 e. The van der Waals surface area contributed by atoms with Crippen LogP contribution in [0.2, 0.25) is 0 Å². The molecule has 5 nitrogen and oxygen atoms in total. The van der Waals surface area contributed by atoms with Crippen LogP contribution in [0.3, 0.4) is 0 Å². The summed E-state index contributed by atoms with van der Waals surface area (Å²) in [6.45, 7) is 1.54. The molecule has 0 saturated carbocycles. The Labute approximate surface area is 141 Å². The van der Waals surface area contributed by atoms with Crippen molar-refractivity contribution in [3.63, 3.8) is 0 Å². The van der Waals surface area contributed by atoms with Gasteiger partial charge in [0, 0.05) is 24.2 Å². The highest BCUT2D eigenvalue weighted by Gasteiger charge is 2.29. The van der Waals surface area contributed by atoms with Crippen LogP contribution in [0.25, 0.3) is 0 Å². The van der Waals surface area contributed by atoms with Gasteiger partial charge in [-0.05, 0) is 37.1 Å². The lowest BCUT2D eigenvalue weighted by Crippen LogP contribution is -2.35. The highest BCUT2D eigenvalue weighted by Crippen LogP contribution is 2.26. The first-order valence-electron chi connectivity index (χ1n) is 8.05. The molecule has 0 spiro atoms. The van der Waals surface area contributed by atoms with Gasteiger partial charge in [-0.1, -0.05) is 30.3 Å². The minimum Gasteiger partial charge on any atom is -0.476 e. The number of rotatable bonds is 5. The molecule has 5 heteroatoms. The molecule has 1 atom stereocenters. The Morgan fingerprint density at radius 3 is 2.17 bits per heavy atom. The molecule has 1 unspecified atom stereocenters. The summed E-state index contributed by atoms with van der Waals surface area (Å²) in [6.07, 6.45) is 1.37. The van der Waals surface area contributed by atoms with E-state index in [1.807, 2.05) is 35.2 Å². The second kappa shape index (κ2) is 7.17. The number of nitrogens with two attached hydrogens (primary N) is 1. The molecule has 1 aliphatic heterocycles. The first-order chi connectivity index (χ1) is 11.6. The highest BCUT2D eigenvalue weighted by molar-refractivity contribution is 5.92. The van der Waals surface area contributed by atoms with E-state index in [9.17, 15) is 9.59 Å². The summed E-state index contributed by atoms with van der Waals surface area (Å²) in [5.41, 5.74) is 6.47. The van der Waals surface area contributed by atoms with E-state index in [1.54, 1.807) is 24.3 Å². The van der Waals surface area contributed by atoms with Crippen molar-refractivity contribution in [1.29, 1.82) is 0 Å². The van der Waals surface area contributed by atoms with E-state index in [4.69, 9.17) is 10.5 Å². The fraction of sp³-hybridized carbons (Fsp3) is 0.263. The minimum atomic E-state index is -0.691. The summed E-state index contributed by atoms with van der Waals surface area (Å²) in [5.74, 6) is 0.00776. The second-order valence-electron chi connectivity index (χ2n) is 5.83. The number of likely N-dealkylation sites (tertiary alicyclic amines) is 1. The van der Waals surface area contributed by atoms with Gasteiger partial charge in [-0.2, -0.15) is 0 Å². The number of amides is 2. The fourth-order valence-corrected chi connectivity index (χ4v) is 2.83. The number of carbonyl (C=O) groups is 2. The van der Waals surface area contributed by atoms with Crippen molar-refractivity contribution in [2.24, 2.45) is 5.73 Å². The summed E-state index contributed by atoms with van der Waals surface area (Å²) in [4.78, 5) is 25.9. The van der Waals surface area contributed by atoms with E-state index in [1.165, 1.54) is 0 Å². The van der Waals surface area contributed by atoms with Gasteiger partial charge in [-0.15, -0.1) is 0 Å². The molecule has 0 aromatic heterocycles. The van der Waals surface area contributed by atoms with Crippen molar-refractivity contribution < 1.29 is 14.3 Å². The first kappa shape index (κ1) is 16.1. The van der Waals surface area contributed by atoms with E-state index in [0.717, 1.165) is 31.5 Å². The predicted octanol–water partition coefficient (Wildman–Crippen LogP) is 2.53. The molecule has 1 fully saturated rings. The topological polar surface area (TPSA) is 72.6 Å². The molecule has 1 heterocycles. The van der Waals surface area contributed by atoms with Crippen molar-refractivity contribution >= 4 is 11.8 Å². The van der Waals surface area contributed by atoms with Crippen LogP contribution in [0.5, 0.6) is 5.75 Å². The van der Waals surface area contributed by atoms with Crippen LogP contribution in [0.1, 0.15) is 34.9 Å². The lowest BCUT2D eigenvalue weighted by Gasteiger charge is -2.24. The Bertz CT molecular complexity index is 707. The molecule has 2 N–H and O–H groups in total. The third-order valence-electron chi connectivity index (χ3n) is 4.14. The number of hydrogen-bond donors (Lipinski definition) is 1. The maximum atomic E-state index is 12.9. The van der Waals surface area contributed by atoms with E-state index in [0.29, 0.717) is 11.3 Å². The van der Waals surface area contributed by atoms with Gasteiger partial charge in [0.1, 0.15) is 5.75 Å². The molecular formula is C19H20N2O3. The van der Waals surface area contributed by atoms with Gasteiger partial charge in [0.25, 0.3) is 5.91 Å². The molecule has 1 aliphatic rings. The lowest BCUT2D eigenvalue weighted by atomic mass is 10.1. The molecule has 0 radical (unpaired) electrons. The Morgan fingerprint density at radius 2 is 1.58 bits per heavy atom. The maximum Gasteiger partial charge on any atom is 0.268 e. The summed E-state index contributed by atoms with van der Waals surface area (Å²) in [7, 11) is 0. The zero-order valence-corrected chi connectivity index (χ0v) is 13.4. The van der Waals surface area contributed by atoms with Crippen molar-refractivity contribution in [2.45, 2.75) is 18.9 Å².